The second kappa shape index (κ2) is 8.41. The van der Waals surface area contributed by atoms with Gasteiger partial charge in [0.1, 0.15) is 11.6 Å². The molecule has 0 saturated heterocycles. The minimum absolute atomic E-state index is 0.244. The molecule has 4 rings (SSSR count). The van der Waals surface area contributed by atoms with Crippen LogP contribution in [0.1, 0.15) is 22.8 Å². The third-order valence-corrected chi connectivity index (χ3v) is 4.84. The van der Waals surface area contributed by atoms with Gasteiger partial charge in [0.05, 0.1) is 22.8 Å². The summed E-state index contributed by atoms with van der Waals surface area (Å²) in [5.74, 6) is -1.55. The van der Waals surface area contributed by atoms with Gasteiger partial charge in [-0.1, -0.05) is 30.3 Å². The number of nitrogens with one attached hydrogen (secondary N) is 1. The van der Waals surface area contributed by atoms with Crippen LogP contribution in [0.15, 0.2) is 60.8 Å². The molecule has 0 aliphatic heterocycles. The van der Waals surface area contributed by atoms with E-state index in [1.807, 2.05) is 37.3 Å². The predicted octanol–water partition coefficient (Wildman–Crippen LogP) is 4.37. The van der Waals surface area contributed by atoms with Gasteiger partial charge in [-0.2, -0.15) is 5.10 Å². The van der Waals surface area contributed by atoms with Gasteiger partial charge >= 0.3 is 0 Å². The Kier molecular flexibility index (Phi) is 5.52. The molecule has 2 aromatic carbocycles. The second-order valence-corrected chi connectivity index (χ2v) is 6.90. The molecule has 5 nitrogen and oxygen atoms in total. The van der Waals surface area contributed by atoms with E-state index in [-0.39, 0.29) is 12.5 Å². The maximum atomic E-state index is 13.4. The topological polar surface area (TPSA) is 59.8 Å². The molecule has 7 heteroatoms. The SMILES string of the molecule is CCn1ncc2c(C(=O)NCCc3cc(F)cc(F)c3)cc(-c3ccccc3)nc21. The number of halogens is 2. The smallest absolute Gasteiger partial charge is 0.252 e. The molecule has 0 saturated carbocycles. The van der Waals surface area contributed by atoms with Crippen molar-refractivity contribution in [2.75, 3.05) is 6.54 Å². The highest BCUT2D eigenvalue weighted by atomic mass is 19.1. The van der Waals surface area contributed by atoms with Crippen molar-refractivity contribution in [3.63, 3.8) is 0 Å². The zero-order valence-corrected chi connectivity index (χ0v) is 16.4. The Morgan fingerprint density at radius 1 is 1.07 bits per heavy atom. The van der Waals surface area contributed by atoms with E-state index in [1.54, 1.807) is 16.9 Å². The summed E-state index contributed by atoms with van der Waals surface area (Å²) in [7, 11) is 0. The van der Waals surface area contributed by atoms with E-state index in [0.717, 1.165) is 11.6 Å². The standard InChI is InChI=1S/C23H20F2N4O/c1-2-29-22-20(14-27-29)19(13-21(28-22)16-6-4-3-5-7-16)23(30)26-9-8-15-10-17(24)12-18(25)11-15/h3-7,10-14H,2,8-9H2,1H3,(H,26,30). The lowest BCUT2D eigenvalue weighted by Gasteiger charge is -2.10. The largest absolute Gasteiger partial charge is 0.352 e. The first-order valence-corrected chi connectivity index (χ1v) is 9.70. The zero-order chi connectivity index (χ0) is 21.1. The van der Waals surface area contributed by atoms with Crippen LogP contribution in [0.4, 0.5) is 8.78 Å². The number of carbonyl (C=O) groups is 1. The number of fused-ring (bicyclic) bond motifs is 1. The zero-order valence-electron chi connectivity index (χ0n) is 16.4. The van der Waals surface area contributed by atoms with Crippen LogP contribution in [0.5, 0.6) is 0 Å². The van der Waals surface area contributed by atoms with Crippen molar-refractivity contribution >= 4 is 16.9 Å². The number of benzene rings is 2. The van der Waals surface area contributed by atoms with Gasteiger partial charge in [0.25, 0.3) is 5.91 Å². The van der Waals surface area contributed by atoms with Gasteiger partial charge in [-0.05, 0) is 37.1 Å². The lowest BCUT2D eigenvalue weighted by atomic mass is 10.1. The van der Waals surface area contributed by atoms with Gasteiger partial charge in [0, 0.05) is 24.7 Å². The predicted molar refractivity (Wildman–Crippen MR) is 111 cm³/mol. The molecule has 0 unspecified atom stereocenters. The first-order valence-electron chi connectivity index (χ1n) is 9.70. The normalized spacial score (nSPS) is 11.0. The average Bonchev–Trinajstić information content (AvgIpc) is 3.16. The van der Waals surface area contributed by atoms with Crippen LogP contribution < -0.4 is 5.32 Å². The lowest BCUT2D eigenvalue weighted by Crippen LogP contribution is -2.26. The minimum Gasteiger partial charge on any atom is -0.352 e. The van der Waals surface area contributed by atoms with Gasteiger partial charge in [-0.3, -0.25) is 4.79 Å². The van der Waals surface area contributed by atoms with Crippen LogP contribution in [-0.4, -0.2) is 27.2 Å². The summed E-state index contributed by atoms with van der Waals surface area (Å²) in [5, 5.41) is 7.82. The van der Waals surface area contributed by atoms with E-state index in [1.165, 1.54) is 12.1 Å². The minimum atomic E-state index is -0.633. The Balaban J connectivity index is 1.62. The molecule has 0 aliphatic rings. The van der Waals surface area contributed by atoms with Crippen molar-refractivity contribution < 1.29 is 13.6 Å². The fraction of sp³-hybridized carbons (Fsp3) is 0.174. The van der Waals surface area contributed by atoms with E-state index in [9.17, 15) is 13.6 Å². The Morgan fingerprint density at radius 2 is 1.80 bits per heavy atom. The first-order chi connectivity index (χ1) is 14.5. The number of aromatic nitrogens is 3. The molecule has 2 heterocycles. The molecule has 2 aromatic heterocycles. The molecule has 0 fully saturated rings. The summed E-state index contributed by atoms with van der Waals surface area (Å²) >= 11 is 0. The quantitative estimate of drug-likeness (QED) is 0.517. The van der Waals surface area contributed by atoms with Gasteiger partial charge in [-0.15, -0.1) is 0 Å². The molecule has 0 spiro atoms. The average molecular weight is 406 g/mol. The van der Waals surface area contributed by atoms with Crippen molar-refractivity contribution in [3.05, 3.63) is 83.6 Å². The molecule has 0 radical (unpaired) electrons. The molecular weight excluding hydrogens is 386 g/mol. The van der Waals surface area contributed by atoms with Gasteiger partial charge in [0.2, 0.25) is 0 Å². The number of carbonyl (C=O) groups excluding carboxylic acids is 1. The van der Waals surface area contributed by atoms with Crippen molar-refractivity contribution in [2.24, 2.45) is 0 Å². The van der Waals surface area contributed by atoms with Crippen molar-refractivity contribution in [2.45, 2.75) is 19.9 Å². The molecule has 0 aliphatic carbocycles. The number of hydrogen-bond acceptors (Lipinski definition) is 3. The van der Waals surface area contributed by atoms with Gasteiger partial charge < -0.3 is 5.32 Å². The molecule has 0 bridgehead atoms. The van der Waals surface area contributed by atoms with Crippen LogP contribution >= 0.6 is 0 Å². The van der Waals surface area contributed by atoms with Crippen molar-refractivity contribution in [1.29, 1.82) is 0 Å². The van der Waals surface area contributed by atoms with Crippen LogP contribution in [0.3, 0.4) is 0 Å². The number of hydrogen-bond donors (Lipinski definition) is 1. The Bertz CT molecular complexity index is 1180. The molecule has 1 N–H and O–H groups in total. The fourth-order valence-electron chi connectivity index (χ4n) is 3.39. The van der Waals surface area contributed by atoms with E-state index in [2.05, 4.69) is 10.4 Å². The van der Waals surface area contributed by atoms with Crippen molar-refractivity contribution in [1.82, 2.24) is 20.1 Å². The highest BCUT2D eigenvalue weighted by Gasteiger charge is 2.17. The molecule has 4 aromatic rings. The third kappa shape index (κ3) is 4.05. The Labute approximate surface area is 172 Å². The highest BCUT2D eigenvalue weighted by Crippen LogP contribution is 2.25. The number of pyridine rings is 1. The summed E-state index contributed by atoms with van der Waals surface area (Å²) in [6.45, 7) is 2.83. The lowest BCUT2D eigenvalue weighted by molar-refractivity contribution is 0.0955. The van der Waals surface area contributed by atoms with Crippen LogP contribution in [0.2, 0.25) is 0 Å². The number of rotatable bonds is 6. The molecule has 152 valence electrons. The molecule has 1 amide bonds. The third-order valence-electron chi connectivity index (χ3n) is 4.84. The van der Waals surface area contributed by atoms with E-state index < -0.39 is 11.6 Å². The van der Waals surface area contributed by atoms with E-state index in [0.29, 0.717) is 40.8 Å². The van der Waals surface area contributed by atoms with Gasteiger partial charge in [-0.25, -0.2) is 18.4 Å². The molecule has 30 heavy (non-hydrogen) atoms. The van der Waals surface area contributed by atoms with E-state index >= 15 is 0 Å². The molecular formula is C23H20F2N4O. The number of amides is 1. The van der Waals surface area contributed by atoms with Crippen LogP contribution in [0, 0.1) is 11.6 Å². The number of aryl methyl sites for hydroxylation is 1. The monoisotopic (exact) mass is 406 g/mol. The summed E-state index contributed by atoms with van der Waals surface area (Å²) in [6.07, 6.45) is 1.95. The van der Waals surface area contributed by atoms with E-state index in [4.69, 9.17) is 4.98 Å². The maximum Gasteiger partial charge on any atom is 0.252 e. The second-order valence-electron chi connectivity index (χ2n) is 6.90. The number of nitrogens with zero attached hydrogens (tertiary/aromatic N) is 3. The summed E-state index contributed by atoms with van der Waals surface area (Å²) in [5.41, 5.74) is 3.15. The van der Waals surface area contributed by atoms with Crippen LogP contribution in [0.25, 0.3) is 22.3 Å². The van der Waals surface area contributed by atoms with Crippen LogP contribution in [-0.2, 0) is 13.0 Å². The Morgan fingerprint density at radius 3 is 2.50 bits per heavy atom. The van der Waals surface area contributed by atoms with Gasteiger partial charge in [0.15, 0.2) is 5.65 Å². The summed E-state index contributed by atoms with van der Waals surface area (Å²) in [6, 6.07) is 14.7. The maximum absolute atomic E-state index is 13.4. The summed E-state index contributed by atoms with van der Waals surface area (Å²) < 4.78 is 28.4. The fourth-order valence-corrected chi connectivity index (χ4v) is 3.39. The summed E-state index contributed by atoms with van der Waals surface area (Å²) in [4.78, 5) is 17.6. The Hall–Kier alpha value is -3.61. The molecule has 0 atom stereocenters. The first kappa shape index (κ1) is 19.7. The van der Waals surface area contributed by atoms with Crippen molar-refractivity contribution in [3.8, 4) is 11.3 Å². The highest BCUT2D eigenvalue weighted by molar-refractivity contribution is 6.06.